The molecule has 68 valence electrons. The van der Waals surface area contributed by atoms with Gasteiger partial charge in [0.1, 0.15) is 0 Å². The average molecular weight is 190 g/mol. The minimum Gasteiger partial charge on any atom is -0.143 e. The normalized spacial score (nSPS) is 11.4. The van der Waals surface area contributed by atoms with Crippen molar-refractivity contribution in [3.63, 3.8) is 0 Å². The van der Waals surface area contributed by atoms with Gasteiger partial charge in [-0.1, -0.05) is 35.9 Å². The molecule has 1 heteroatoms. The summed E-state index contributed by atoms with van der Waals surface area (Å²) < 4.78 is 0. The molecule has 0 bridgehead atoms. The van der Waals surface area contributed by atoms with Gasteiger partial charge in [-0.15, -0.1) is 19.2 Å². The third-order valence-corrected chi connectivity index (χ3v) is 2.21. The summed E-state index contributed by atoms with van der Waals surface area (Å²) in [6, 6.07) is 8.07. The van der Waals surface area contributed by atoms with Gasteiger partial charge in [0.05, 0.1) is 0 Å². The Kier molecular flexibility index (Phi) is 3.84. The summed E-state index contributed by atoms with van der Waals surface area (Å²) in [6.45, 7) is 5.80. The lowest BCUT2D eigenvalue weighted by Gasteiger charge is -2.00. The van der Waals surface area contributed by atoms with E-state index in [0.717, 1.165) is 11.3 Å². The molecule has 13 heavy (non-hydrogen) atoms. The second-order valence-electron chi connectivity index (χ2n) is 3.04. The molecule has 0 aromatic heterocycles. The summed E-state index contributed by atoms with van der Waals surface area (Å²) in [7, 11) is 0. The quantitative estimate of drug-likeness (QED) is 0.541. The first-order valence-electron chi connectivity index (χ1n) is 4.30. The fourth-order valence-corrected chi connectivity index (χ4v) is 1.39. The molecule has 0 N–H and O–H groups in total. The minimum absolute atomic E-state index is 0.933. The monoisotopic (exact) mass is 190 g/mol. The SMILES string of the molecule is C=CC/C(C)=C/c1ccccc1S. The van der Waals surface area contributed by atoms with E-state index in [0.29, 0.717) is 0 Å². The van der Waals surface area contributed by atoms with Gasteiger partial charge in [0.15, 0.2) is 0 Å². The Balaban J connectivity index is 2.90. The van der Waals surface area contributed by atoms with Gasteiger partial charge in [-0.25, -0.2) is 0 Å². The number of allylic oxidation sites excluding steroid dienone is 2. The summed E-state index contributed by atoms with van der Waals surface area (Å²) in [4.78, 5) is 1.02. The van der Waals surface area contributed by atoms with Crippen LogP contribution in [0.3, 0.4) is 0 Å². The zero-order valence-electron chi connectivity index (χ0n) is 7.83. The number of hydrogen-bond donors (Lipinski definition) is 1. The molecular weight excluding hydrogens is 176 g/mol. The predicted octanol–water partition coefficient (Wildman–Crippen LogP) is 3.95. The van der Waals surface area contributed by atoms with E-state index in [-0.39, 0.29) is 0 Å². The van der Waals surface area contributed by atoms with Crippen LogP contribution in [0.5, 0.6) is 0 Å². The van der Waals surface area contributed by atoms with Gasteiger partial charge in [0.2, 0.25) is 0 Å². The lowest BCUT2D eigenvalue weighted by molar-refractivity contribution is 1.23. The predicted molar refractivity (Wildman–Crippen MR) is 62.2 cm³/mol. The van der Waals surface area contributed by atoms with E-state index in [4.69, 9.17) is 0 Å². The molecule has 0 nitrogen and oxygen atoms in total. The van der Waals surface area contributed by atoms with Crippen LogP contribution in [0.4, 0.5) is 0 Å². The van der Waals surface area contributed by atoms with Crippen LogP contribution < -0.4 is 0 Å². The van der Waals surface area contributed by atoms with Crippen LogP contribution in [-0.2, 0) is 0 Å². The van der Waals surface area contributed by atoms with E-state index >= 15 is 0 Å². The maximum Gasteiger partial charge on any atom is 0.0113 e. The van der Waals surface area contributed by atoms with E-state index in [9.17, 15) is 0 Å². The second kappa shape index (κ2) is 4.93. The van der Waals surface area contributed by atoms with E-state index in [1.54, 1.807) is 0 Å². The molecule has 0 aliphatic carbocycles. The Morgan fingerprint density at radius 2 is 2.15 bits per heavy atom. The van der Waals surface area contributed by atoms with Gasteiger partial charge < -0.3 is 0 Å². The standard InChI is InChI=1S/C12H14S/c1-3-6-10(2)9-11-7-4-5-8-12(11)13/h3-5,7-9,13H,1,6H2,2H3/b10-9+. The molecule has 0 aliphatic rings. The molecule has 0 atom stereocenters. The second-order valence-corrected chi connectivity index (χ2v) is 3.52. The van der Waals surface area contributed by atoms with Gasteiger partial charge in [0, 0.05) is 4.90 Å². The van der Waals surface area contributed by atoms with Crippen molar-refractivity contribution in [1.29, 1.82) is 0 Å². The van der Waals surface area contributed by atoms with Crippen LogP contribution in [0.25, 0.3) is 6.08 Å². The molecule has 0 heterocycles. The Bertz CT molecular complexity index is 324. The summed E-state index contributed by atoms with van der Waals surface area (Å²) in [5.41, 5.74) is 2.47. The highest BCUT2D eigenvalue weighted by molar-refractivity contribution is 7.80. The summed E-state index contributed by atoms with van der Waals surface area (Å²) in [5.74, 6) is 0. The Morgan fingerprint density at radius 1 is 1.46 bits per heavy atom. The molecule has 0 spiro atoms. The molecule has 0 amide bonds. The topological polar surface area (TPSA) is 0 Å². The number of rotatable bonds is 3. The molecule has 0 fully saturated rings. The molecule has 1 aromatic carbocycles. The summed E-state index contributed by atoms with van der Waals surface area (Å²) >= 11 is 4.37. The first-order valence-corrected chi connectivity index (χ1v) is 4.75. The van der Waals surface area contributed by atoms with Gasteiger partial charge in [-0.2, -0.15) is 0 Å². The van der Waals surface area contributed by atoms with Crippen molar-refractivity contribution in [1.82, 2.24) is 0 Å². The Morgan fingerprint density at radius 3 is 2.77 bits per heavy atom. The lowest BCUT2D eigenvalue weighted by atomic mass is 10.1. The maximum atomic E-state index is 4.37. The average Bonchev–Trinajstić information content (AvgIpc) is 2.09. The fourth-order valence-electron chi connectivity index (χ4n) is 1.16. The van der Waals surface area contributed by atoms with Crippen LogP contribution in [0.1, 0.15) is 18.9 Å². The number of thiol groups is 1. The van der Waals surface area contributed by atoms with Gasteiger partial charge in [-0.05, 0) is 25.0 Å². The fraction of sp³-hybridized carbons (Fsp3) is 0.167. The minimum atomic E-state index is 0.933. The largest absolute Gasteiger partial charge is 0.143 e. The van der Waals surface area contributed by atoms with E-state index < -0.39 is 0 Å². The zero-order valence-corrected chi connectivity index (χ0v) is 8.72. The highest BCUT2D eigenvalue weighted by Gasteiger charge is 1.93. The first kappa shape index (κ1) is 10.1. The summed E-state index contributed by atoms with van der Waals surface area (Å²) in [6.07, 6.45) is 4.99. The zero-order chi connectivity index (χ0) is 9.68. The first-order chi connectivity index (χ1) is 6.24. The maximum absolute atomic E-state index is 4.37. The highest BCUT2D eigenvalue weighted by atomic mass is 32.1. The van der Waals surface area contributed by atoms with Gasteiger partial charge >= 0.3 is 0 Å². The molecule has 0 unspecified atom stereocenters. The van der Waals surface area contributed by atoms with Gasteiger partial charge in [0.25, 0.3) is 0 Å². The van der Waals surface area contributed by atoms with Crippen molar-refractivity contribution >= 4 is 18.7 Å². The summed E-state index contributed by atoms with van der Waals surface area (Å²) in [5, 5.41) is 0. The number of hydrogen-bond acceptors (Lipinski definition) is 1. The van der Waals surface area contributed by atoms with Crippen molar-refractivity contribution in [2.45, 2.75) is 18.2 Å². The smallest absolute Gasteiger partial charge is 0.0113 e. The van der Waals surface area contributed by atoms with E-state index in [1.807, 2.05) is 24.3 Å². The van der Waals surface area contributed by atoms with Gasteiger partial charge in [-0.3, -0.25) is 0 Å². The third-order valence-electron chi connectivity index (χ3n) is 1.80. The molecule has 1 aromatic rings. The van der Waals surface area contributed by atoms with Crippen LogP contribution in [0.2, 0.25) is 0 Å². The molecule has 1 rings (SSSR count). The van der Waals surface area contributed by atoms with Crippen LogP contribution in [0.15, 0.2) is 47.4 Å². The van der Waals surface area contributed by atoms with Crippen LogP contribution >= 0.6 is 12.6 Å². The van der Waals surface area contributed by atoms with Crippen molar-refractivity contribution < 1.29 is 0 Å². The van der Waals surface area contributed by atoms with E-state index in [1.165, 1.54) is 11.1 Å². The Labute approximate surface area is 85.4 Å². The molecule has 0 radical (unpaired) electrons. The third kappa shape index (κ3) is 3.11. The van der Waals surface area contributed by atoms with Crippen molar-refractivity contribution in [3.8, 4) is 0 Å². The molecular formula is C12H14S. The van der Waals surface area contributed by atoms with Crippen LogP contribution in [-0.4, -0.2) is 0 Å². The number of benzene rings is 1. The Hall–Kier alpha value is -0.950. The van der Waals surface area contributed by atoms with Crippen LogP contribution in [0, 0.1) is 0 Å². The van der Waals surface area contributed by atoms with Crippen molar-refractivity contribution in [3.05, 3.63) is 48.1 Å². The highest BCUT2D eigenvalue weighted by Crippen LogP contribution is 2.17. The molecule has 0 aliphatic heterocycles. The lowest BCUT2D eigenvalue weighted by Crippen LogP contribution is -1.77. The molecule has 0 saturated carbocycles. The van der Waals surface area contributed by atoms with Crippen molar-refractivity contribution in [2.24, 2.45) is 0 Å². The van der Waals surface area contributed by atoms with E-state index in [2.05, 4.69) is 38.3 Å². The van der Waals surface area contributed by atoms with Crippen molar-refractivity contribution in [2.75, 3.05) is 0 Å². The molecule has 0 saturated heterocycles.